The first-order valence-corrected chi connectivity index (χ1v) is 9.59. The van der Waals surface area contributed by atoms with Crippen molar-refractivity contribution in [2.45, 2.75) is 29.3 Å². The Morgan fingerprint density at radius 3 is 2.57 bits per heavy atom. The van der Waals surface area contributed by atoms with Crippen molar-refractivity contribution >= 4 is 29.3 Å². The minimum absolute atomic E-state index is 0.00753. The van der Waals surface area contributed by atoms with Crippen LogP contribution in [0.5, 0.6) is 5.75 Å². The molecule has 2 atom stereocenters. The first kappa shape index (κ1) is 22.4. The van der Waals surface area contributed by atoms with E-state index in [4.69, 9.17) is 16.3 Å². The Morgan fingerprint density at radius 1 is 1.25 bits per heavy atom. The number of alkyl halides is 3. The number of rotatable bonds is 8. The molecule has 0 aromatic heterocycles. The van der Waals surface area contributed by atoms with Gasteiger partial charge in [-0.3, -0.25) is 4.79 Å². The zero-order chi connectivity index (χ0) is 20.7. The van der Waals surface area contributed by atoms with Crippen LogP contribution < -0.4 is 10.1 Å². The van der Waals surface area contributed by atoms with E-state index in [-0.39, 0.29) is 24.8 Å². The summed E-state index contributed by atoms with van der Waals surface area (Å²) in [5.41, 5.74) is -0.833. The fourth-order valence-corrected chi connectivity index (χ4v) is 3.16. The van der Waals surface area contributed by atoms with Crippen LogP contribution in [0.15, 0.2) is 53.4 Å². The largest absolute Gasteiger partial charge is 0.491 e. The Morgan fingerprint density at radius 2 is 1.93 bits per heavy atom. The molecular weight excluding hydrogens is 415 g/mol. The average Bonchev–Trinajstić information content (AvgIpc) is 2.65. The summed E-state index contributed by atoms with van der Waals surface area (Å²) < 4.78 is 43.2. The number of halogens is 4. The van der Waals surface area contributed by atoms with Crippen molar-refractivity contribution in [3.05, 3.63) is 59.1 Å². The number of aliphatic hydroxyl groups is 1. The highest BCUT2D eigenvalue weighted by Gasteiger charge is 2.30. The molecule has 2 N–H and O–H groups in total. The topological polar surface area (TPSA) is 58.6 Å². The zero-order valence-corrected chi connectivity index (χ0v) is 16.4. The van der Waals surface area contributed by atoms with Crippen LogP contribution in [0.25, 0.3) is 0 Å². The number of amides is 1. The quantitative estimate of drug-likeness (QED) is 0.606. The van der Waals surface area contributed by atoms with Gasteiger partial charge in [0.2, 0.25) is 5.91 Å². The number of benzene rings is 2. The number of thioether (sulfide) groups is 1. The highest BCUT2D eigenvalue weighted by molar-refractivity contribution is 8.00. The monoisotopic (exact) mass is 433 g/mol. The van der Waals surface area contributed by atoms with Crippen molar-refractivity contribution in [3.8, 4) is 5.75 Å². The van der Waals surface area contributed by atoms with Gasteiger partial charge >= 0.3 is 6.18 Å². The molecule has 0 heterocycles. The van der Waals surface area contributed by atoms with E-state index in [0.717, 1.165) is 17.0 Å². The summed E-state index contributed by atoms with van der Waals surface area (Å²) >= 11 is 7.15. The summed E-state index contributed by atoms with van der Waals surface area (Å²) in [6.45, 7) is 1.39. The molecule has 0 saturated heterocycles. The third-order valence-electron chi connectivity index (χ3n) is 3.61. The maximum atomic E-state index is 12.7. The maximum Gasteiger partial charge on any atom is 0.416 e. The van der Waals surface area contributed by atoms with Crippen LogP contribution in [-0.2, 0) is 11.0 Å². The predicted molar refractivity (Wildman–Crippen MR) is 103 cm³/mol. The number of hydrogen-bond donors (Lipinski definition) is 2. The molecule has 9 heteroatoms. The van der Waals surface area contributed by atoms with E-state index in [2.05, 4.69) is 5.32 Å². The molecule has 0 radical (unpaired) electrons. The van der Waals surface area contributed by atoms with E-state index in [1.807, 2.05) is 0 Å². The predicted octanol–water partition coefficient (Wildman–Crippen LogP) is 4.40. The van der Waals surface area contributed by atoms with Crippen molar-refractivity contribution in [2.75, 3.05) is 13.2 Å². The van der Waals surface area contributed by atoms with Gasteiger partial charge in [-0.05, 0) is 49.4 Å². The summed E-state index contributed by atoms with van der Waals surface area (Å²) in [7, 11) is 0. The van der Waals surface area contributed by atoms with Gasteiger partial charge in [0.15, 0.2) is 0 Å². The van der Waals surface area contributed by atoms with Crippen LogP contribution in [0.3, 0.4) is 0 Å². The number of carbonyl (C=O) groups is 1. The molecule has 4 nitrogen and oxygen atoms in total. The molecule has 0 aliphatic rings. The number of hydrogen-bond acceptors (Lipinski definition) is 4. The Bertz CT molecular complexity index is 787. The van der Waals surface area contributed by atoms with Gasteiger partial charge in [0.1, 0.15) is 18.5 Å². The van der Waals surface area contributed by atoms with E-state index in [1.165, 1.54) is 23.9 Å². The molecule has 1 amide bonds. The minimum atomic E-state index is -4.47. The molecule has 2 aromatic carbocycles. The fraction of sp³-hybridized carbons (Fsp3) is 0.316. The van der Waals surface area contributed by atoms with E-state index < -0.39 is 23.1 Å². The summed E-state index contributed by atoms with van der Waals surface area (Å²) in [6.07, 6.45) is -5.53. The van der Waals surface area contributed by atoms with Gasteiger partial charge in [-0.25, -0.2) is 0 Å². The molecule has 0 saturated carbocycles. The van der Waals surface area contributed by atoms with Gasteiger partial charge in [-0.1, -0.05) is 17.7 Å². The second-order valence-corrected chi connectivity index (χ2v) is 7.80. The minimum Gasteiger partial charge on any atom is -0.491 e. The zero-order valence-electron chi connectivity index (χ0n) is 14.9. The van der Waals surface area contributed by atoms with Gasteiger partial charge < -0.3 is 15.2 Å². The molecule has 152 valence electrons. The van der Waals surface area contributed by atoms with E-state index in [9.17, 15) is 23.1 Å². The number of nitrogens with one attached hydrogen (secondary N) is 1. The third kappa shape index (κ3) is 7.26. The molecule has 2 aromatic rings. The number of ether oxygens (including phenoxy) is 1. The number of aliphatic hydroxyl groups excluding tert-OH is 1. The Labute approximate surface area is 170 Å². The third-order valence-corrected chi connectivity index (χ3v) is 4.98. The highest BCUT2D eigenvalue weighted by atomic mass is 35.5. The lowest BCUT2D eigenvalue weighted by molar-refractivity contribution is -0.137. The van der Waals surface area contributed by atoms with Crippen LogP contribution >= 0.6 is 23.4 Å². The number of carbonyl (C=O) groups excluding carboxylic acids is 1. The summed E-state index contributed by atoms with van der Waals surface area (Å²) in [4.78, 5) is 13.0. The van der Waals surface area contributed by atoms with Crippen LogP contribution in [-0.4, -0.2) is 35.5 Å². The van der Waals surface area contributed by atoms with Crippen LogP contribution in [0.4, 0.5) is 13.2 Å². The van der Waals surface area contributed by atoms with Crippen molar-refractivity contribution in [2.24, 2.45) is 0 Å². The van der Waals surface area contributed by atoms with Crippen molar-refractivity contribution in [3.63, 3.8) is 0 Å². The standard InChI is InChI=1S/C19H19ClF3NO3S/c1-12(28-17-7-5-14(20)6-8-17)18(26)24-10-15(25)11-27-16-4-2-3-13(9-16)19(21,22)23/h2-9,12,15,25H,10-11H2,1H3,(H,24,26). The van der Waals surface area contributed by atoms with Gasteiger partial charge in [-0.2, -0.15) is 13.2 Å². The van der Waals surface area contributed by atoms with Gasteiger partial charge in [0.05, 0.1) is 10.8 Å². The molecule has 0 aliphatic heterocycles. The molecule has 0 aliphatic carbocycles. The Hall–Kier alpha value is -1.90. The fourth-order valence-electron chi connectivity index (χ4n) is 2.15. The van der Waals surface area contributed by atoms with Gasteiger partial charge in [-0.15, -0.1) is 11.8 Å². The second-order valence-electron chi connectivity index (χ2n) is 5.95. The Balaban J connectivity index is 1.76. The molecule has 0 spiro atoms. The highest BCUT2D eigenvalue weighted by Crippen LogP contribution is 2.31. The summed E-state index contributed by atoms with van der Waals surface area (Å²) in [6, 6.07) is 11.4. The van der Waals surface area contributed by atoms with E-state index >= 15 is 0 Å². The van der Waals surface area contributed by atoms with Crippen LogP contribution in [0.1, 0.15) is 12.5 Å². The lowest BCUT2D eigenvalue weighted by atomic mass is 10.2. The van der Waals surface area contributed by atoms with E-state index in [0.29, 0.717) is 5.02 Å². The normalized spacial score (nSPS) is 13.6. The van der Waals surface area contributed by atoms with Gasteiger partial charge in [0.25, 0.3) is 0 Å². The smallest absolute Gasteiger partial charge is 0.416 e. The SMILES string of the molecule is CC(Sc1ccc(Cl)cc1)C(=O)NCC(O)COc1cccc(C(F)(F)F)c1. The molecular formula is C19H19ClF3NO3S. The summed E-state index contributed by atoms with van der Waals surface area (Å²) in [5.74, 6) is -0.287. The summed E-state index contributed by atoms with van der Waals surface area (Å²) in [5, 5.41) is 12.7. The molecule has 0 bridgehead atoms. The van der Waals surface area contributed by atoms with Crippen molar-refractivity contribution < 1.29 is 27.8 Å². The average molecular weight is 434 g/mol. The lowest BCUT2D eigenvalue weighted by Crippen LogP contribution is -2.38. The molecule has 28 heavy (non-hydrogen) atoms. The molecule has 2 rings (SSSR count). The first-order chi connectivity index (χ1) is 13.1. The second kappa shape index (κ2) is 10.0. The van der Waals surface area contributed by atoms with Crippen molar-refractivity contribution in [1.29, 1.82) is 0 Å². The van der Waals surface area contributed by atoms with Crippen molar-refractivity contribution in [1.82, 2.24) is 5.32 Å². The molecule has 0 fully saturated rings. The van der Waals surface area contributed by atoms with Crippen LogP contribution in [0.2, 0.25) is 5.02 Å². The molecule has 2 unspecified atom stereocenters. The van der Waals surface area contributed by atoms with Crippen LogP contribution in [0, 0.1) is 0 Å². The van der Waals surface area contributed by atoms with Gasteiger partial charge in [0, 0.05) is 16.5 Å². The first-order valence-electron chi connectivity index (χ1n) is 8.33. The maximum absolute atomic E-state index is 12.7. The Kier molecular flexibility index (Phi) is 8.03. The lowest BCUT2D eigenvalue weighted by Gasteiger charge is -2.16. The van der Waals surface area contributed by atoms with E-state index in [1.54, 1.807) is 31.2 Å².